The van der Waals surface area contributed by atoms with E-state index in [4.69, 9.17) is 9.84 Å². The summed E-state index contributed by atoms with van der Waals surface area (Å²) in [6, 6.07) is 6.62. The molecule has 0 heterocycles. The lowest BCUT2D eigenvalue weighted by molar-refractivity contribution is -0.00270. The van der Waals surface area contributed by atoms with Crippen molar-refractivity contribution in [3.05, 3.63) is 35.4 Å². The first kappa shape index (κ1) is 14.5. The van der Waals surface area contributed by atoms with Crippen molar-refractivity contribution in [1.82, 2.24) is 5.32 Å². The van der Waals surface area contributed by atoms with Crippen molar-refractivity contribution >= 4 is 5.91 Å². The summed E-state index contributed by atoms with van der Waals surface area (Å²) >= 11 is 0. The molecule has 0 aliphatic heterocycles. The Bertz CT molecular complexity index is 399. The summed E-state index contributed by atoms with van der Waals surface area (Å²) in [6.07, 6.45) is -4.72. The second kappa shape index (κ2) is 7.03. The number of carbonyl (C=O) groups excluding carboxylic acids is 1. The van der Waals surface area contributed by atoms with Crippen molar-refractivity contribution in [2.24, 2.45) is 0 Å². The zero-order valence-corrected chi connectivity index (χ0v) is 9.90. The molecule has 1 rings (SSSR count). The Labute approximate surface area is 104 Å². The van der Waals surface area contributed by atoms with Crippen LogP contribution < -0.4 is 5.32 Å². The molecule has 18 heavy (non-hydrogen) atoms. The standard InChI is InChI=1S/C12H15F2NO3/c1-18-7-8-3-2-4-9(5-8)12(17)15-6-10(16)11(13)14/h2-5,10-11,16H,6-7H2,1H3,(H,15,17). The lowest BCUT2D eigenvalue weighted by Gasteiger charge is -2.11. The molecule has 0 saturated heterocycles. The van der Waals surface area contributed by atoms with E-state index in [0.29, 0.717) is 12.2 Å². The molecule has 0 aliphatic carbocycles. The number of benzene rings is 1. The van der Waals surface area contributed by atoms with Crippen LogP contribution >= 0.6 is 0 Å². The van der Waals surface area contributed by atoms with E-state index < -0.39 is 25.0 Å². The number of aliphatic hydroxyl groups is 1. The normalized spacial score (nSPS) is 12.5. The highest BCUT2D eigenvalue weighted by molar-refractivity contribution is 5.94. The fraction of sp³-hybridized carbons (Fsp3) is 0.417. The first-order chi connectivity index (χ1) is 8.54. The van der Waals surface area contributed by atoms with Crippen LogP contribution in [0.25, 0.3) is 0 Å². The van der Waals surface area contributed by atoms with Crippen LogP contribution in [0.5, 0.6) is 0 Å². The van der Waals surface area contributed by atoms with Gasteiger partial charge in [0.15, 0.2) is 0 Å². The fourth-order valence-corrected chi connectivity index (χ4v) is 1.36. The third-order valence-corrected chi connectivity index (χ3v) is 2.26. The number of aliphatic hydroxyl groups excluding tert-OH is 1. The Hall–Kier alpha value is -1.53. The van der Waals surface area contributed by atoms with Crippen LogP contribution in [0.3, 0.4) is 0 Å². The van der Waals surface area contributed by atoms with E-state index in [9.17, 15) is 13.6 Å². The summed E-state index contributed by atoms with van der Waals surface area (Å²) in [5, 5.41) is 11.1. The number of halogens is 2. The Morgan fingerprint density at radius 3 is 2.83 bits per heavy atom. The number of carbonyl (C=O) groups is 1. The first-order valence-electron chi connectivity index (χ1n) is 5.37. The molecule has 6 heteroatoms. The summed E-state index contributed by atoms with van der Waals surface area (Å²) in [5.41, 5.74) is 1.14. The molecule has 0 radical (unpaired) electrons. The van der Waals surface area contributed by atoms with Crippen LogP contribution in [0.1, 0.15) is 15.9 Å². The third-order valence-electron chi connectivity index (χ3n) is 2.26. The zero-order chi connectivity index (χ0) is 13.5. The minimum Gasteiger partial charge on any atom is -0.385 e. The van der Waals surface area contributed by atoms with Gasteiger partial charge in [0.05, 0.1) is 6.61 Å². The molecule has 1 aromatic carbocycles. The van der Waals surface area contributed by atoms with Crippen molar-refractivity contribution in [2.75, 3.05) is 13.7 Å². The van der Waals surface area contributed by atoms with Crippen LogP contribution in [-0.4, -0.2) is 37.2 Å². The van der Waals surface area contributed by atoms with E-state index in [0.717, 1.165) is 5.56 Å². The van der Waals surface area contributed by atoms with Crippen molar-refractivity contribution in [3.63, 3.8) is 0 Å². The van der Waals surface area contributed by atoms with Crippen molar-refractivity contribution in [2.45, 2.75) is 19.1 Å². The maximum atomic E-state index is 12.0. The van der Waals surface area contributed by atoms with Gasteiger partial charge in [-0.3, -0.25) is 4.79 Å². The smallest absolute Gasteiger partial charge is 0.265 e. The van der Waals surface area contributed by atoms with Gasteiger partial charge in [-0.15, -0.1) is 0 Å². The molecule has 1 atom stereocenters. The maximum Gasteiger partial charge on any atom is 0.265 e. The van der Waals surface area contributed by atoms with Crippen LogP contribution in [0, 0.1) is 0 Å². The molecule has 0 spiro atoms. The molecule has 4 nitrogen and oxygen atoms in total. The zero-order valence-electron chi connectivity index (χ0n) is 9.90. The highest BCUT2D eigenvalue weighted by Crippen LogP contribution is 2.07. The monoisotopic (exact) mass is 259 g/mol. The summed E-state index contributed by atoms with van der Waals surface area (Å²) in [6.45, 7) is -0.119. The van der Waals surface area contributed by atoms with Crippen LogP contribution in [-0.2, 0) is 11.3 Å². The minimum absolute atomic E-state index is 0.339. The molecule has 1 aromatic rings. The van der Waals surface area contributed by atoms with E-state index in [1.54, 1.807) is 24.3 Å². The number of hydrogen-bond acceptors (Lipinski definition) is 3. The second-order valence-electron chi connectivity index (χ2n) is 3.75. The maximum absolute atomic E-state index is 12.0. The Morgan fingerprint density at radius 1 is 1.50 bits per heavy atom. The molecule has 2 N–H and O–H groups in total. The van der Waals surface area contributed by atoms with Gasteiger partial charge in [0.1, 0.15) is 6.10 Å². The van der Waals surface area contributed by atoms with E-state index in [1.165, 1.54) is 7.11 Å². The summed E-state index contributed by atoms with van der Waals surface area (Å²) in [4.78, 5) is 11.6. The van der Waals surface area contributed by atoms with Gasteiger partial charge >= 0.3 is 0 Å². The molecule has 1 unspecified atom stereocenters. The molecular weight excluding hydrogens is 244 g/mol. The second-order valence-corrected chi connectivity index (χ2v) is 3.75. The predicted octanol–water partition coefficient (Wildman–Crippen LogP) is 1.19. The van der Waals surface area contributed by atoms with Gasteiger partial charge in [-0.25, -0.2) is 8.78 Å². The predicted molar refractivity (Wildman–Crippen MR) is 61.5 cm³/mol. The van der Waals surface area contributed by atoms with Gasteiger partial charge in [0.2, 0.25) is 0 Å². The van der Waals surface area contributed by atoms with E-state index >= 15 is 0 Å². The van der Waals surface area contributed by atoms with Gasteiger partial charge in [-0.1, -0.05) is 12.1 Å². The van der Waals surface area contributed by atoms with E-state index in [1.807, 2.05) is 0 Å². The van der Waals surface area contributed by atoms with Gasteiger partial charge in [0.25, 0.3) is 12.3 Å². The van der Waals surface area contributed by atoms with Crippen molar-refractivity contribution < 1.29 is 23.4 Å². The summed E-state index contributed by atoms with van der Waals surface area (Å²) < 4.78 is 29.0. The Kier molecular flexibility index (Phi) is 5.67. The Balaban J connectivity index is 2.58. The van der Waals surface area contributed by atoms with Gasteiger partial charge in [-0.05, 0) is 17.7 Å². The SMILES string of the molecule is COCc1cccc(C(=O)NCC(O)C(F)F)c1. The van der Waals surface area contributed by atoms with E-state index in [-0.39, 0.29) is 0 Å². The van der Waals surface area contributed by atoms with Gasteiger partial charge < -0.3 is 15.2 Å². The molecular formula is C12H15F2NO3. The van der Waals surface area contributed by atoms with Crippen LogP contribution in [0.15, 0.2) is 24.3 Å². The number of ether oxygens (including phenoxy) is 1. The van der Waals surface area contributed by atoms with Gasteiger partial charge in [0, 0.05) is 19.2 Å². The average molecular weight is 259 g/mol. The first-order valence-corrected chi connectivity index (χ1v) is 5.37. The minimum atomic E-state index is -2.87. The average Bonchev–Trinajstić information content (AvgIpc) is 2.36. The highest BCUT2D eigenvalue weighted by Gasteiger charge is 2.17. The third kappa shape index (κ3) is 4.38. The number of hydrogen-bond donors (Lipinski definition) is 2. The molecule has 0 saturated carbocycles. The van der Waals surface area contributed by atoms with Crippen molar-refractivity contribution in [3.8, 4) is 0 Å². The number of methoxy groups -OCH3 is 1. The molecule has 0 bridgehead atoms. The van der Waals surface area contributed by atoms with Crippen LogP contribution in [0.4, 0.5) is 8.78 Å². The molecule has 0 fully saturated rings. The van der Waals surface area contributed by atoms with Crippen LogP contribution in [0.2, 0.25) is 0 Å². The summed E-state index contributed by atoms with van der Waals surface area (Å²) in [7, 11) is 1.53. The largest absolute Gasteiger partial charge is 0.385 e. The number of nitrogens with one attached hydrogen (secondary N) is 1. The lowest BCUT2D eigenvalue weighted by Crippen LogP contribution is -2.35. The lowest BCUT2D eigenvalue weighted by atomic mass is 10.1. The fourth-order valence-electron chi connectivity index (χ4n) is 1.36. The molecule has 0 aromatic heterocycles. The molecule has 0 aliphatic rings. The topological polar surface area (TPSA) is 58.6 Å². The molecule has 1 amide bonds. The highest BCUT2D eigenvalue weighted by atomic mass is 19.3. The Morgan fingerprint density at radius 2 is 2.22 bits per heavy atom. The number of rotatable bonds is 6. The van der Waals surface area contributed by atoms with Crippen molar-refractivity contribution in [1.29, 1.82) is 0 Å². The van der Waals surface area contributed by atoms with Gasteiger partial charge in [-0.2, -0.15) is 0 Å². The summed E-state index contributed by atoms with van der Waals surface area (Å²) in [5.74, 6) is -0.507. The number of alkyl halides is 2. The number of amides is 1. The quantitative estimate of drug-likeness (QED) is 0.806. The van der Waals surface area contributed by atoms with E-state index in [2.05, 4.69) is 5.32 Å². The molecule has 100 valence electrons.